The van der Waals surface area contributed by atoms with Crippen molar-refractivity contribution in [3.63, 3.8) is 0 Å². The fourth-order valence-corrected chi connectivity index (χ4v) is 7.66. The molecule has 0 aromatic heterocycles. The van der Waals surface area contributed by atoms with Crippen molar-refractivity contribution < 1.29 is 4.74 Å². The van der Waals surface area contributed by atoms with Crippen LogP contribution in [0.15, 0.2) is 194 Å². The first-order valence-electron chi connectivity index (χ1n) is 17.8. The van der Waals surface area contributed by atoms with Crippen LogP contribution in [-0.4, -0.2) is 0 Å². The maximum Gasteiger partial charge on any atom is 0.196 e. The zero-order valence-electron chi connectivity index (χ0n) is 28.4. The van der Waals surface area contributed by atoms with Crippen molar-refractivity contribution in [3.05, 3.63) is 200 Å². The molecule has 1 N–H and O–H groups in total. The lowest BCUT2D eigenvalue weighted by Crippen LogP contribution is -2.09. The fraction of sp³-hybridized carbons (Fsp3) is 0.0204. The van der Waals surface area contributed by atoms with Crippen molar-refractivity contribution in [2.75, 3.05) is 10.2 Å². The van der Waals surface area contributed by atoms with Crippen LogP contribution >= 0.6 is 0 Å². The predicted molar refractivity (Wildman–Crippen MR) is 218 cm³/mol. The van der Waals surface area contributed by atoms with E-state index in [2.05, 4.69) is 198 Å². The predicted octanol–water partition coefficient (Wildman–Crippen LogP) is 13.5. The first-order valence-corrected chi connectivity index (χ1v) is 17.8. The van der Waals surface area contributed by atoms with Crippen LogP contribution < -0.4 is 15.0 Å². The summed E-state index contributed by atoms with van der Waals surface area (Å²) in [5.74, 6) is 0.911. The van der Waals surface area contributed by atoms with Crippen molar-refractivity contribution in [3.8, 4) is 28.0 Å². The van der Waals surface area contributed by atoms with E-state index in [1.165, 1.54) is 43.6 Å². The molecule has 0 fully saturated rings. The summed E-state index contributed by atoms with van der Waals surface area (Å²) in [6, 6.07) is 69.3. The number of rotatable bonds is 6. The van der Waals surface area contributed by atoms with E-state index in [-0.39, 0.29) is 6.23 Å². The van der Waals surface area contributed by atoms with Crippen LogP contribution in [0.5, 0.6) is 5.75 Å². The Balaban J connectivity index is 1.04. The molecule has 1 aliphatic heterocycles. The standard InChI is InChI=1S/C49H34N2O/c1-3-11-33(12-4-1)35-19-25-40(26-20-35)51(42-29-23-34-13-7-8-16-38(34)31-42)41-27-21-36(22-28-41)39-24-30-45-46(32-39)43-17-9-10-18-44(43)47-48(45)52-49(50-47)37-14-5-2-6-15-37/h1-32,49-50H. The van der Waals surface area contributed by atoms with Gasteiger partial charge in [0.25, 0.3) is 0 Å². The highest BCUT2D eigenvalue weighted by Gasteiger charge is 2.28. The van der Waals surface area contributed by atoms with Crippen molar-refractivity contribution >= 4 is 55.1 Å². The van der Waals surface area contributed by atoms with Gasteiger partial charge in [-0.1, -0.05) is 146 Å². The molecule has 246 valence electrons. The Morgan fingerprint density at radius 3 is 1.67 bits per heavy atom. The van der Waals surface area contributed by atoms with Crippen LogP contribution in [0.25, 0.3) is 54.6 Å². The third kappa shape index (κ3) is 5.23. The normalized spacial score (nSPS) is 13.5. The van der Waals surface area contributed by atoms with Crippen LogP contribution in [0, 0.1) is 0 Å². The Morgan fingerprint density at radius 2 is 0.942 bits per heavy atom. The van der Waals surface area contributed by atoms with Gasteiger partial charge in [-0.15, -0.1) is 0 Å². The van der Waals surface area contributed by atoms with Gasteiger partial charge in [0.05, 0.1) is 5.69 Å². The van der Waals surface area contributed by atoms with Crippen molar-refractivity contribution in [1.82, 2.24) is 0 Å². The van der Waals surface area contributed by atoms with Gasteiger partial charge in [-0.25, -0.2) is 0 Å². The van der Waals surface area contributed by atoms with Gasteiger partial charge in [0.2, 0.25) is 0 Å². The maximum atomic E-state index is 6.63. The number of nitrogens with one attached hydrogen (secondary N) is 1. The summed E-state index contributed by atoms with van der Waals surface area (Å²) in [5.41, 5.74) is 10.2. The highest BCUT2D eigenvalue weighted by atomic mass is 16.5. The highest BCUT2D eigenvalue weighted by Crippen LogP contribution is 2.49. The zero-order chi connectivity index (χ0) is 34.4. The molecule has 1 atom stereocenters. The van der Waals surface area contributed by atoms with Crippen molar-refractivity contribution in [1.29, 1.82) is 0 Å². The van der Waals surface area contributed by atoms with Crippen LogP contribution in [-0.2, 0) is 0 Å². The molecule has 0 aliphatic carbocycles. The third-order valence-corrected chi connectivity index (χ3v) is 10.3. The lowest BCUT2D eigenvalue weighted by molar-refractivity contribution is 0.262. The van der Waals surface area contributed by atoms with Gasteiger partial charge in [0, 0.05) is 33.4 Å². The van der Waals surface area contributed by atoms with E-state index < -0.39 is 0 Å². The van der Waals surface area contributed by atoms with Gasteiger partial charge in [0.1, 0.15) is 0 Å². The molecule has 9 aromatic rings. The SMILES string of the molecule is c1ccc(-c2ccc(N(c3ccc(-c4ccc5c6c(c7ccccc7c5c4)NC(c4ccccc4)O6)cc3)c3ccc4ccccc4c3)cc2)cc1. The molecule has 10 rings (SSSR count). The van der Waals surface area contributed by atoms with E-state index in [0.29, 0.717) is 0 Å². The van der Waals surface area contributed by atoms with E-state index in [1.807, 2.05) is 6.07 Å². The number of hydrogen-bond acceptors (Lipinski definition) is 3. The summed E-state index contributed by atoms with van der Waals surface area (Å²) in [4.78, 5) is 2.34. The van der Waals surface area contributed by atoms with Crippen LogP contribution in [0.3, 0.4) is 0 Å². The van der Waals surface area contributed by atoms with E-state index in [9.17, 15) is 0 Å². The van der Waals surface area contributed by atoms with Crippen molar-refractivity contribution in [2.24, 2.45) is 0 Å². The number of ether oxygens (including phenoxy) is 1. The molecule has 1 aliphatic rings. The summed E-state index contributed by atoms with van der Waals surface area (Å²) in [6.45, 7) is 0. The minimum atomic E-state index is -0.225. The molecular weight excluding hydrogens is 633 g/mol. The monoisotopic (exact) mass is 666 g/mol. The molecule has 0 saturated heterocycles. The van der Waals surface area contributed by atoms with Crippen LogP contribution in [0.4, 0.5) is 22.7 Å². The molecule has 0 saturated carbocycles. The fourth-order valence-electron chi connectivity index (χ4n) is 7.66. The molecule has 0 bridgehead atoms. The Kier molecular flexibility index (Phi) is 7.21. The van der Waals surface area contributed by atoms with Gasteiger partial charge in [-0.05, 0) is 92.3 Å². The first kappa shape index (κ1) is 30.0. The average molecular weight is 667 g/mol. The second-order valence-corrected chi connectivity index (χ2v) is 13.4. The summed E-state index contributed by atoms with van der Waals surface area (Å²) in [5, 5.41) is 10.8. The number of hydrogen-bond donors (Lipinski definition) is 1. The first-order chi connectivity index (χ1) is 25.8. The molecular formula is C49H34N2O. The second-order valence-electron chi connectivity index (χ2n) is 13.4. The maximum absolute atomic E-state index is 6.63. The molecule has 9 aromatic carbocycles. The largest absolute Gasteiger partial charge is 0.464 e. The number of nitrogens with zero attached hydrogens (tertiary/aromatic N) is 1. The molecule has 0 radical (unpaired) electrons. The van der Waals surface area contributed by atoms with Crippen molar-refractivity contribution in [2.45, 2.75) is 6.23 Å². The minimum absolute atomic E-state index is 0.225. The zero-order valence-corrected chi connectivity index (χ0v) is 28.4. The summed E-state index contributed by atoms with van der Waals surface area (Å²) >= 11 is 0. The third-order valence-electron chi connectivity index (χ3n) is 10.3. The number of anilines is 4. The van der Waals surface area contributed by atoms with E-state index in [1.54, 1.807) is 0 Å². The van der Waals surface area contributed by atoms with E-state index in [0.717, 1.165) is 45.0 Å². The topological polar surface area (TPSA) is 24.5 Å². The quantitative estimate of drug-likeness (QED) is 0.179. The molecule has 0 amide bonds. The summed E-state index contributed by atoms with van der Waals surface area (Å²) in [7, 11) is 0. The Morgan fingerprint density at radius 1 is 0.385 bits per heavy atom. The number of benzene rings is 9. The smallest absolute Gasteiger partial charge is 0.196 e. The van der Waals surface area contributed by atoms with Gasteiger partial charge < -0.3 is 15.0 Å². The summed E-state index contributed by atoms with van der Waals surface area (Å²) in [6.07, 6.45) is -0.225. The lowest BCUT2D eigenvalue weighted by atomic mass is 9.95. The molecule has 52 heavy (non-hydrogen) atoms. The van der Waals surface area contributed by atoms with Gasteiger partial charge in [-0.2, -0.15) is 0 Å². The van der Waals surface area contributed by atoms with E-state index >= 15 is 0 Å². The van der Waals surface area contributed by atoms with E-state index in [4.69, 9.17) is 4.74 Å². The Labute approximate surface area is 303 Å². The Bertz CT molecular complexity index is 2720. The second kappa shape index (κ2) is 12.5. The molecule has 1 heterocycles. The highest BCUT2D eigenvalue weighted by molar-refractivity contribution is 6.18. The Hall–Kier alpha value is -6.84. The van der Waals surface area contributed by atoms with Gasteiger partial charge in [-0.3, -0.25) is 0 Å². The van der Waals surface area contributed by atoms with Crippen LogP contribution in [0.2, 0.25) is 0 Å². The number of fused-ring (bicyclic) bond motifs is 7. The average Bonchev–Trinajstić information content (AvgIpc) is 3.68. The molecule has 3 nitrogen and oxygen atoms in total. The molecule has 1 unspecified atom stereocenters. The molecule has 3 heteroatoms. The minimum Gasteiger partial charge on any atom is -0.464 e. The van der Waals surface area contributed by atoms with Gasteiger partial charge in [0.15, 0.2) is 12.0 Å². The summed E-state index contributed by atoms with van der Waals surface area (Å²) < 4.78 is 6.63. The van der Waals surface area contributed by atoms with Gasteiger partial charge >= 0.3 is 0 Å². The molecule has 0 spiro atoms. The lowest BCUT2D eigenvalue weighted by Gasteiger charge is -2.26. The van der Waals surface area contributed by atoms with Crippen LogP contribution in [0.1, 0.15) is 11.8 Å².